The third kappa shape index (κ3) is 3.51. The second-order valence-electron chi connectivity index (χ2n) is 3.28. The van der Waals surface area contributed by atoms with Gasteiger partial charge in [0, 0.05) is 5.92 Å². The van der Waals surface area contributed by atoms with E-state index in [2.05, 4.69) is 4.99 Å². The molecule has 82 valence electrons. The van der Waals surface area contributed by atoms with Crippen LogP contribution in [-0.2, 0) is 9.53 Å². The van der Waals surface area contributed by atoms with Gasteiger partial charge in [-0.05, 0) is 6.42 Å². The summed E-state index contributed by atoms with van der Waals surface area (Å²) in [6.45, 7) is 1.88. The van der Waals surface area contributed by atoms with Gasteiger partial charge in [-0.3, -0.25) is 4.79 Å². The van der Waals surface area contributed by atoms with Gasteiger partial charge < -0.3 is 10.5 Å². The highest BCUT2D eigenvalue weighted by atomic mass is 16.6. The van der Waals surface area contributed by atoms with E-state index in [1.54, 1.807) is 13.1 Å². The van der Waals surface area contributed by atoms with Crippen molar-refractivity contribution in [2.24, 2.45) is 16.6 Å². The Balaban J connectivity index is 2.20. The van der Waals surface area contributed by atoms with Gasteiger partial charge in [0.25, 0.3) is 0 Å². The fourth-order valence-electron chi connectivity index (χ4n) is 0.964. The van der Waals surface area contributed by atoms with Gasteiger partial charge in [-0.15, -0.1) is 0 Å². The normalized spacial score (nSPS) is 20.2. The number of hydrogen-bond donors (Lipinski definition) is 2. The van der Waals surface area contributed by atoms with Crippen LogP contribution in [0.4, 0.5) is 4.79 Å². The summed E-state index contributed by atoms with van der Waals surface area (Å²) >= 11 is 0. The van der Waals surface area contributed by atoms with Crippen LogP contribution in [0.25, 0.3) is 0 Å². The number of aliphatic imine (C=N–C) groups is 1. The first kappa shape index (κ1) is 11.4. The summed E-state index contributed by atoms with van der Waals surface area (Å²) < 4.78 is 4.92. The second-order valence-corrected chi connectivity index (χ2v) is 3.28. The smallest absolute Gasteiger partial charge is 0.419 e. The molecular weight excluding hydrogens is 198 g/mol. The Morgan fingerprint density at radius 2 is 2.33 bits per heavy atom. The third-order valence-electron chi connectivity index (χ3n) is 2.06. The molecule has 0 saturated carbocycles. The lowest BCUT2D eigenvalue weighted by Crippen LogP contribution is -3.08. The Kier molecular flexibility index (Phi) is 3.99. The minimum absolute atomic E-state index is 0.189. The summed E-state index contributed by atoms with van der Waals surface area (Å²) in [4.78, 5) is 26.1. The van der Waals surface area contributed by atoms with Crippen molar-refractivity contribution in [1.29, 1.82) is 0 Å². The Bertz CT molecular complexity index is 300. The number of carbonyl (C=O) groups excluding carboxylic acids is 2. The van der Waals surface area contributed by atoms with Crippen molar-refractivity contribution in [2.45, 2.75) is 13.3 Å². The number of alkyl carbamates (subject to hydrolysis) is 2. The molecule has 0 saturated heterocycles. The molecule has 0 spiro atoms. The van der Waals surface area contributed by atoms with E-state index in [1.807, 2.05) is 0 Å². The lowest BCUT2D eigenvalue weighted by atomic mass is 10.1. The number of nitrogens with zero attached hydrogens (tertiary/aromatic N) is 1. The maximum absolute atomic E-state index is 11.3. The lowest BCUT2D eigenvalue weighted by molar-refractivity contribution is -0.650. The molecule has 3 N–H and O–H groups in total. The largest absolute Gasteiger partial charge is 0.525 e. The van der Waals surface area contributed by atoms with Crippen molar-refractivity contribution >= 4 is 18.3 Å². The van der Waals surface area contributed by atoms with Gasteiger partial charge in [-0.25, -0.2) is 4.99 Å². The molecule has 0 aromatic heterocycles. The van der Waals surface area contributed by atoms with Crippen LogP contribution in [-0.4, -0.2) is 24.9 Å². The number of primary amides is 1. The zero-order valence-electron chi connectivity index (χ0n) is 8.47. The number of rotatable bonds is 4. The SMILES string of the molecule is CC(CCOC(=O)[NH+]1C=CN=C1)C(N)=O. The van der Waals surface area contributed by atoms with Crippen LogP contribution >= 0.6 is 0 Å². The molecule has 2 unspecified atom stereocenters. The number of quaternary nitrogens is 1. The van der Waals surface area contributed by atoms with Crippen LogP contribution in [0.3, 0.4) is 0 Å². The van der Waals surface area contributed by atoms with Crippen molar-refractivity contribution in [3.8, 4) is 0 Å². The molecule has 1 aliphatic heterocycles. The number of nitrogens with two attached hydrogens (primary N) is 1. The quantitative estimate of drug-likeness (QED) is 0.628. The molecule has 2 amide bonds. The zero-order valence-corrected chi connectivity index (χ0v) is 8.47. The molecule has 15 heavy (non-hydrogen) atoms. The van der Waals surface area contributed by atoms with Crippen LogP contribution in [0, 0.1) is 5.92 Å². The standard InChI is InChI=1S/C9H13N3O3/c1-7(8(10)13)2-5-15-9(14)12-4-3-11-6-12/h3-4,6-7H,2,5H2,1H3,(H2,10,13)/p+1. The highest BCUT2D eigenvalue weighted by Gasteiger charge is 2.20. The monoisotopic (exact) mass is 212 g/mol. The molecular formula is C9H14N3O3+. The van der Waals surface area contributed by atoms with E-state index >= 15 is 0 Å². The molecule has 0 aliphatic carbocycles. The predicted molar refractivity (Wildman–Crippen MR) is 52.9 cm³/mol. The first-order chi connectivity index (χ1) is 7.11. The molecule has 0 aromatic carbocycles. The number of nitrogens with one attached hydrogen (secondary N) is 1. The first-order valence-corrected chi connectivity index (χ1v) is 4.64. The molecule has 1 aliphatic rings. The van der Waals surface area contributed by atoms with E-state index in [4.69, 9.17) is 10.5 Å². The van der Waals surface area contributed by atoms with E-state index in [-0.39, 0.29) is 18.4 Å². The van der Waals surface area contributed by atoms with E-state index in [1.165, 1.54) is 12.5 Å². The summed E-state index contributed by atoms with van der Waals surface area (Å²) in [6, 6.07) is 0. The fourth-order valence-corrected chi connectivity index (χ4v) is 0.964. The Labute approximate surface area is 87.4 Å². The number of hydrogen-bond acceptors (Lipinski definition) is 4. The summed E-state index contributed by atoms with van der Waals surface area (Å²) in [5.41, 5.74) is 5.06. The number of amides is 2. The van der Waals surface area contributed by atoms with Crippen molar-refractivity contribution in [2.75, 3.05) is 6.61 Å². The summed E-state index contributed by atoms with van der Waals surface area (Å²) in [7, 11) is 0. The minimum atomic E-state index is -0.427. The third-order valence-corrected chi connectivity index (χ3v) is 2.06. The Morgan fingerprint density at radius 1 is 1.60 bits per heavy atom. The van der Waals surface area contributed by atoms with Gasteiger partial charge in [0.05, 0.1) is 12.8 Å². The summed E-state index contributed by atoms with van der Waals surface area (Å²) in [6.07, 6.45) is 4.53. The number of carbonyl (C=O) groups is 2. The second kappa shape index (κ2) is 5.26. The van der Waals surface area contributed by atoms with Crippen LogP contribution in [0.1, 0.15) is 13.3 Å². The van der Waals surface area contributed by atoms with Gasteiger partial charge in [0.2, 0.25) is 12.2 Å². The highest BCUT2D eigenvalue weighted by Crippen LogP contribution is 1.99. The zero-order chi connectivity index (χ0) is 11.3. The van der Waals surface area contributed by atoms with Crippen molar-refractivity contribution < 1.29 is 19.2 Å². The Morgan fingerprint density at radius 3 is 2.87 bits per heavy atom. The summed E-state index contributed by atoms with van der Waals surface area (Å²) in [5.74, 6) is -0.670. The molecule has 0 radical (unpaired) electrons. The average Bonchev–Trinajstić information content (AvgIpc) is 2.70. The van der Waals surface area contributed by atoms with Crippen LogP contribution < -0.4 is 10.6 Å². The van der Waals surface area contributed by atoms with Gasteiger partial charge >= 0.3 is 6.09 Å². The Hall–Kier alpha value is -1.69. The predicted octanol–water partition coefficient (Wildman–Crippen LogP) is -0.967. The van der Waals surface area contributed by atoms with Crippen LogP contribution in [0.15, 0.2) is 17.4 Å². The van der Waals surface area contributed by atoms with Gasteiger partial charge in [-0.1, -0.05) is 6.92 Å². The highest BCUT2D eigenvalue weighted by molar-refractivity contribution is 5.76. The summed E-state index contributed by atoms with van der Waals surface area (Å²) in [5, 5.41) is 0. The van der Waals surface area contributed by atoms with E-state index in [0.29, 0.717) is 11.3 Å². The van der Waals surface area contributed by atoms with Gasteiger partial charge in [0.15, 0.2) is 0 Å². The van der Waals surface area contributed by atoms with Gasteiger partial charge in [-0.2, -0.15) is 9.69 Å². The molecule has 1 heterocycles. The maximum atomic E-state index is 11.3. The molecule has 6 nitrogen and oxygen atoms in total. The molecule has 0 aromatic rings. The average molecular weight is 212 g/mol. The van der Waals surface area contributed by atoms with E-state index < -0.39 is 6.09 Å². The molecule has 2 atom stereocenters. The van der Waals surface area contributed by atoms with Crippen molar-refractivity contribution in [3.63, 3.8) is 0 Å². The van der Waals surface area contributed by atoms with Crippen LogP contribution in [0.5, 0.6) is 0 Å². The minimum Gasteiger partial charge on any atom is -0.419 e. The van der Waals surface area contributed by atoms with Crippen LogP contribution in [0.2, 0.25) is 0 Å². The fraction of sp³-hybridized carbons (Fsp3) is 0.444. The molecule has 6 heteroatoms. The molecule has 1 rings (SSSR count). The topological polar surface area (TPSA) is 86.2 Å². The first-order valence-electron chi connectivity index (χ1n) is 4.64. The molecule has 0 bridgehead atoms. The molecule has 0 fully saturated rings. The lowest BCUT2D eigenvalue weighted by Gasteiger charge is -2.07. The van der Waals surface area contributed by atoms with E-state index in [9.17, 15) is 9.59 Å². The van der Waals surface area contributed by atoms with Crippen molar-refractivity contribution in [3.05, 3.63) is 12.4 Å². The van der Waals surface area contributed by atoms with E-state index in [0.717, 1.165) is 0 Å². The van der Waals surface area contributed by atoms with Gasteiger partial charge in [0.1, 0.15) is 6.20 Å². The van der Waals surface area contributed by atoms with Crippen molar-refractivity contribution in [1.82, 2.24) is 0 Å². The number of ether oxygens (including phenoxy) is 1. The maximum Gasteiger partial charge on any atom is 0.525 e.